The summed E-state index contributed by atoms with van der Waals surface area (Å²) in [5.41, 5.74) is 12.3. The van der Waals surface area contributed by atoms with Crippen LogP contribution in [0.15, 0.2) is 58.5 Å². The number of carboxylic acid groups (broad SMARTS) is 1. The number of anilines is 2. The molecule has 1 unspecified atom stereocenters. The second-order valence-corrected chi connectivity index (χ2v) is 9.45. The van der Waals surface area contributed by atoms with Gasteiger partial charge in [0.05, 0.1) is 17.4 Å². The molecule has 12 nitrogen and oxygen atoms in total. The fourth-order valence-corrected chi connectivity index (χ4v) is 5.50. The maximum absolute atomic E-state index is 12.9. The number of nitrogens with two attached hydrogens (primary N) is 2. The van der Waals surface area contributed by atoms with E-state index < -0.39 is 29.2 Å². The number of carbonyl (C=O) groups excluding carboxylic acids is 3. The van der Waals surface area contributed by atoms with Gasteiger partial charge in [0.15, 0.2) is 29.8 Å². The Balaban J connectivity index is 1.49. The predicted molar refractivity (Wildman–Crippen MR) is 127 cm³/mol. The number of oxime groups is 1. The fourth-order valence-electron chi connectivity index (χ4n) is 3.63. The number of nitrogen functional groups attached to an aromatic ring is 2. The van der Waals surface area contributed by atoms with Gasteiger partial charge in [-0.25, -0.2) is 4.98 Å². The third-order valence-electron chi connectivity index (χ3n) is 5.16. The number of thiazole rings is 1. The van der Waals surface area contributed by atoms with E-state index >= 15 is 0 Å². The first-order chi connectivity index (χ1) is 16.8. The molecule has 4 heterocycles. The summed E-state index contributed by atoms with van der Waals surface area (Å²) in [5.74, 6) is -2.42. The zero-order chi connectivity index (χ0) is 25.1. The molecular formula is C21H21N7O5S2. The van der Waals surface area contributed by atoms with Crippen LogP contribution in [0.25, 0.3) is 0 Å². The number of nitrogens with one attached hydrogen (secondary N) is 1. The number of thioether (sulfide) groups is 1. The number of amides is 2. The lowest BCUT2D eigenvalue weighted by Gasteiger charge is -2.50. The number of hydrogen-bond donors (Lipinski definition) is 3. The van der Waals surface area contributed by atoms with Crippen LogP contribution >= 0.6 is 23.1 Å². The molecule has 0 radical (unpaired) electrons. The van der Waals surface area contributed by atoms with Crippen molar-refractivity contribution in [2.24, 2.45) is 5.16 Å². The molecule has 1 fully saturated rings. The summed E-state index contributed by atoms with van der Waals surface area (Å²) in [4.78, 5) is 47.5. The van der Waals surface area contributed by atoms with Crippen LogP contribution in [0.4, 0.5) is 10.8 Å². The Morgan fingerprint density at radius 2 is 2.26 bits per heavy atom. The number of β-lactam (4-membered cyclic amide) rings is 1. The highest BCUT2D eigenvalue weighted by Crippen LogP contribution is 2.40. The summed E-state index contributed by atoms with van der Waals surface area (Å²) in [6.45, 7) is 0.457. The van der Waals surface area contributed by atoms with Gasteiger partial charge in [-0.3, -0.25) is 14.5 Å². The number of aliphatic carboxylic acids is 1. The quantitative estimate of drug-likeness (QED) is 0.165. The lowest BCUT2D eigenvalue weighted by atomic mass is 10.0. The molecule has 2 aromatic rings. The monoisotopic (exact) mass is 515 g/mol. The van der Waals surface area contributed by atoms with E-state index in [1.165, 1.54) is 24.3 Å². The van der Waals surface area contributed by atoms with Crippen molar-refractivity contribution in [1.29, 1.82) is 0 Å². The lowest BCUT2D eigenvalue weighted by Crippen LogP contribution is -2.71. The van der Waals surface area contributed by atoms with Crippen LogP contribution in [0.1, 0.15) is 5.69 Å². The number of allylic oxidation sites excluding steroid dienone is 2. The van der Waals surface area contributed by atoms with E-state index in [2.05, 4.69) is 15.5 Å². The second kappa shape index (κ2) is 10.1. The van der Waals surface area contributed by atoms with Crippen LogP contribution in [0, 0.1) is 0 Å². The van der Waals surface area contributed by atoms with Gasteiger partial charge in [0.2, 0.25) is 0 Å². The van der Waals surface area contributed by atoms with Crippen molar-refractivity contribution in [2.75, 3.05) is 24.3 Å². The Morgan fingerprint density at radius 3 is 2.91 bits per heavy atom. The average molecular weight is 516 g/mol. The van der Waals surface area contributed by atoms with Gasteiger partial charge < -0.3 is 31.5 Å². The molecule has 4 rings (SSSR count). The van der Waals surface area contributed by atoms with Gasteiger partial charge in [0, 0.05) is 17.2 Å². The minimum absolute atomic E-state index is 0.147. The molecule has 5 N–H and O–H groups in total. The summed E-state index contributed by atoms with van der Waals surface area (Å²) < 4.78 is 1.83. The van der Waals surface area contributed by atoms with Crippen LogP contribution in [-0.4, -0.2) is 57.7 Å². The first-order valence-electron chi connectivity index (χ1n) is 10.2. The smallest absolute Gasteiger partial charge is 0.276 e. The van der Waals surface area contributed by atoms with E-state index in [1.807, 2.05) is 10.8 Å². The van der Waals surface area contributed by atoms with Crippen molar-refractivity contribution in [1.82, 2.24) is 15.2 Å². The lowest BCUT2D eigenvalue weighted by molar-refractivity contribution is -0.686. The SMILES string of the molecule is CO/N=C(\C(=O)NC1C(=O)N2C(C(=O)[O-])=C(C=CC[n+]3cccc(N)c3)CS[C@H]12)c1csc(N)n1. The Morgan fingerprint density at radius 1 is 1.46 bits per heavy atom. The minimum Gasteiger partial charge on any atom is -0.543 e. The largest absolute Gasteiger partial charge is 0.543 e. The molecule has 0 saturated carbocycles. The number of carbonyl (C=O) groups is 3. The molecule has 2 aliphatic rings. The third-order valence-corrected chi connectivity index (χ3v) is 7.13. The fraction of sp³-hybridized carbons (Fsp3) is 0.238. The van der Waals surface area contributed by atoms with E-state index in [1.54, 1.807) is 30.5 Å². The normalized spacial score (nSPS) is 20.0. The predicted octanol–water partition coefficient (Wildman–Crippen LogP) is -1.39. The first-order valence-corrected chi connectivity index (χ1v) is 12.2. The summed E-state index contributed by atoms with van der Waals surface area (Å²) >= 11 is 2.45. The zero-order valence-corrected chi connectivity index (χ0v) is 20.0. The molecule has 2 atom stereocenters. The van der Waals surface area contributed by atoms with E-state index in [0.717, 1.165) is 16.2 Å². The molecule has 0 spiro atoms. The van der Waals surface area contributed by atoms with Crippen LogP contribution in [0.5, 0.6) is 0 Å². The first kappa shape index (κ1) is 24.2. The van der Waals surface area contributed by atoms with Crippen LogP contribution in [0.2, 0.25) is 0 Å². The van der Waals surface area contributed by atoms with Gasteiger partial charge in [-0.15, -0.1) is 23.1 Å². The van der Waals surface area contributed by atoms with E-state index in [4.69, 9.17) is 16.3 Å². The van der Waals surface area contributed by atoms with E-state index in [0.29, 0.717) is 23.6 Å². The van der Waals surface area contributed by atoms with Gasteiger partial charge in [0.1, 0.15) is 24.2 Å². The number of nitrogens with zero attached hydrogens (tertiary/aromatic N) is 4. The van der Waals surface area contributed by atoms with Crippen LogP contribution in [-0.2, 0) is 25.8 Å². The third kappa shape index (κ3) is 4.97. The number of rotatable bonds is 8. The number of pyridine rings is 1. The van der Waals surface area contributed by atoms with Crippen molar-refractivity contribution in [2.45, 2.75) is 18.0 Å². The Bertz CT molecular complexity index is 1270. The zero-order valence-electron chi connectivity index (χ0n) is 18.4. The molecule has 182 valence electrons. The highest BCUT2D eigenvalue weighted by molar-refractivity contribution is 8.00. The summed E-state index contributed by atoms with van der Waals surface area (Å²) in [7, 11) is 1.27. The summed E-state index contributed by atoms with van der Waals surface area (Å²) in [6.07, 6.45) is 7.00. The number of fused-ring (bicyclic) bond motifs is 1. The average Bonchev–Trinajstić information content (AvgIpc) is 3.26. The van der Waals surface area contributed by atoms with E-state index in [-0.39, 0.29) is 22.2 Å². The second-order valence-electron chi connectivity index (χ2n) is 7.45. The molecule has 2 aliphatic heterocycles. The van der Waals surface area contributed by atoms with Gasteiger partial charge in [-0.2, -0.15) is 4.57 Å². The highest BCUT2D eigenvalue weighted by Gasteiger charge is 2.53. The molecule has 35 heavy (non-hydrogen) atoms. The highest BCUT2D eigenvalue weighted by atomic mass is 32.2. The molecule has 14 heteroatoms. The Hall–Kier alpha value is -3.91. The maximum Gasteiger partial charge on any atom is 0.276 e. The van der Waals surface area contributed by atoms with Crippen LogP contribution < -0.4 is 26.5 Å². The van der Waals surface area contributed by atoms with Crippen LogP contribution in [0.3, 0.4) is 0 Å². The summed E-state index contributed by atoms with van der Waals surface area (Å²) in [6, 6.07) is 2.61. The number of carboxylic acids is 1. The molecule has 0 aliphatic carbocycles. The standard InChI is InChI=1S/C21H21N7O5S2/c1-33-26-14(13-10-35-21(23)24-13)17(29)25-15-18(30)28-16(20(31)32)11(9-34-19(15)28)4-2-6-27-7-3-5-12(22)8-27/h2-5,7-8,10,15,19H,6,9,22H2,1H3,(H3-,23,24,25,29,31,32)/b4-2?,26-14-/t15?,19-/m1/s1. The van der Waals surface area contributed by atoms with Gasteiger partial charge in [-0.05, 0) is 17.7 Å². The molecule has 2 amide bonds. The molecule has 0 bridgehead atoms. The van der Waals surface area contributed by atoms with Crippen molar-refractivity contribution in [3.8, 4) is 0 Å². The van der Waals surface area contributed by atoms with Gasteiger partial charge in [0.25, 0.3) is 11.8 Å². The van der Waals surface area contributed by atoms with Gasteiger partial charge in [-0.1, -0.05) is 11.2 Å². The minimum atomic E-state index is -1.47. The Kier molecular flexibility index (Phi) is 7.02. The molecule has 1 saturated heterocycles. The van der Waals surface area contributed by atoms with Crippen molar-refractivity contribution < 1.29 is 28.9 Å². The van der Waals surface area contributed by atoms with Gasteiger partial charge >= 0.3 is 0 Å². The molecule has 0 aromatic carbocycles. The van der Waals surface area contributed by atoms with Crippen molar-refractivity contribution >= 4 is 57.4 Å². The summed E-state index contributed by atoms with van der Waals surface area (Å²) in [5, 5.41) is 19.4. The Labute approximate surface area is 207 Å². The molecule has 2 aromatic heterocycles. The maximum atomic E-state index is 12.9. The van der Waals surface area contributed by atoms with Crippen molar-refractivity contribution in [3.05, 3.63) is 59.0 Å². The topological polar surface area (TPSA) is 180 Å². The van der Waals surface area contributed by atoms with Crippen molar-refractivity contribution in [3.63, 3.8) is 0 Å². The number of hydrogen-bond acceptors (Lipinski definition) is 11. The molecular weight excluding hydrogens is 494 g/mol. The number of aromatic nitrogens is 2. The van der Waals surface area contributed by atoms with E-state index in [9.17, 15) is 19.5 Å².